The molecule has 0 radical (unpaired) electrons. The van der Waals surface area contributed by atoms with Gasteiger partial charge in [-0.2, -0.15) is 0 Å². The first-order valence-electron chi connectivity index (χ1n) is 9.88. The quantitative estimate of drug-likeness (QED) is 0.449. The van der Waals surface area contributed by atoms with Crippen molar-refractivity contribution in [3.8, 4) is 11.5 Å². The van der Waals surface area contributed by atoms with Gasteiger partial charge >= 0.3 is 5.97 Å². The van der Waals surface area contributed by atoms with E-state index < -0.39 is 11.9 Å². The average molecular weight is 401 g/mol. The van der Waals surface area contributed by atoms with Gasteiger partial charge in [0.2, 0.25) is 0 Å². The Balaban J connectivity index is 1.63. The normalized spacial score (nSPS) is 16.6. The molecule has 0 bridgehead atoms. The van der Waals surface area contributed by atoms with Crippen molar-refractivity contribution in [2.45, 2.75) is 25.4 Å². The largest absolute Gasteiger partial charge is 0.497 e. The third-order valence-electron chi connectivity index (χ3n) is 5.06. The molecule has 1 aliphatic rings. The van der Waals surface area contributed by atoms with Crippen LogP contribution in [0.4, 0.5) is 0 Å². The summed E-state index contributed by atoms with van der Waals surface area (Å²) in [7, 11) is 1.61. The summed E-state index contributed by atoms with van der Waals surface area (Å²) in [5.74, 6) is 0.399. The van der Waals surface area contributed by atoms with E-state index >= 15 is 0 Å². The molecule has 4 rings (SSSR count). The number of methoxy groups -OCH3 is 1. The Bertz CT molecular complexity index is 1010. The van der Waals surface area contributed by atoms with E-state index in [1.165, 1.54) is 0 Å². The molecule has 0 amide bonds. The van der Waals surface area contributed by atoms with Crippen LogP contribution in [-0.2, 0) is 9.63 Å². The summed E-state index contributed by atoms with van der Waals surface area (Å²) in [5.41, 5.74) is 3.20. The first kappa shape index (κ1) is 19.7. The van der Waals surface area contributed by atoms with Crippen molar-refractivity contribution in [3.63, 3.8) is 0 Å². The number of carbonyl (C=O) groups is 1. The fourth-order valence-electron chi connectivity index (χ4n) is 3.60. The Labute approximate surface area is 175 Å². The van der Waals surface area contributed by atoms with Gasteiger partial charge in [-0.15, -0.1) is 0 Å². The zero-order valence-electron chi connectivity index (χ0n) is 16.9. The summed E-state index contributed by atoms with van der Waals surface area (Å²) in [4.78, 5) is 18.6. The minimum atomic E-state index is -0.552. The molecule has 0 spiro atoms. The van der Waals surface area contributed by atoms with E-state index in [-0.39, 0.29) is 6.10 Å². The summed E-state index contributed by atoms with van der Waals surface area (Å²) < 4.78 is 11.2. The number of hydrogen-bond acceptors (Lipinski definition) is 5. The van der Waals surface area contributed by atoms with Crippen LogP contribution in [0, 0.1) is 0 Å². The van der Waals surface area contributed by atoms with Crippen LogP contribution in [-0.4, -0.2) is 24.9 Å². The number of oxime groups is 1. The molecule has 5 nitrogen and oxygen atoms in total. The topological polar surface area (TPSA) is 57.1 Å². The molecule has 1 heterocycles. The molecule has 1 aliphatic heterocycles. The van der Waals surface area contributed by atoms with E-state index in [0.29, 0.717) is 23.6 Å². The fraction of sp³-hybridized carbons (Fsp3) is 0.200. The second-order valence-corrected chi connectivity index (χ2v) is 7.20. The maximum Gasteiger partial charge on any atom is 0.346 e. The second kappa shape index (κ2) is 8.82. The molecular weight excluding hydrogens is 378 g/mol. The molecule has 30 heavy (non-hydrogen) atoms. The fourth-order valence-corrected chi connectivity index (χ4v) is 3.60. The highest BCUT2D eigenvalue weighted by molar-refractivity contribution is 6.04. The lowest BCUT2D eigenvalue weighted by atomic mass is 9.91. The molecule has 0 aromatic heterocycles. The molecule has 152 valence electrons. The Hall–Kier alpha value is -3.60. The lowest BCUT2D eigenvalue weighted by molar-refractivity contribution is -0.144. The lowest BCUT2D eigenvalue weighted by Crippen LogP contribution is -2.25. The van der Waals surface area contributed by atoms with Crippen molar-refractivity contribution >= 4 is 11.7 Å². The van der Waals surface area contributed by atoms with E-state index in [2.05, 4.69) is 5.16 Å². The van der Waals surface area contributed by atoms with E-state index in [1.54, 1.807) is 7.11 Å². The predicted molar refractivity (Wildman–Crippen MR) is 115 cm³/mol. The lowest BCUT2D eigenvalue weighted by Gasteiger charge is -2.24. The van der Waals surface area contributed by atoms with Gasteiger partial charge in [0.25, 0.3) is 0 Å². The predicted octanol–water partition coefficient (Wildman–Crippen LogP) is 4.95. The van der Waals surface area contributed by atoms with Gasteiger partial charge < -0.3 is 14.3 Å². The van der Waals surface area contributed by atoms with Crippen LogP contribution in [0.25, 0.3) is 0 Å². The maximum atomic E-state index is 13.1. The van der Waals surface area contributed by atoms with Gasteiger partial charge in [-0.05, 0) is 30.2 Å². The van der Waals surface area contributed by atoms with Crippen molar-refractivity contribution < 1.29 is 19.1 Å². The molecule has 1 atom stereocenters. The molecule has 0 aliphatic carbocycles. The Morgan fingerprint density at radius 2 is 1.63 bits per heavy atom. The van der Waals surface area contributed by atoms with Crippen molar-refractivity contribution in [1.29, 1.82) is 0 Å². The molecule has 0 saturated heterocycles. The molecule has 1 unspecified atom stereocenters. The van der Waals surface area contributed by atoms with Crippen LogP contribution in [0.5, 0.6) is 11.5 Å². The maximum absolute atomic E-state index is 13.1. The third kappa shape index (κ3) is 4.20. The monoisotopic (exact) mass is 401 g/mol. The standard InChI is InChI=1S/C25H23NO4/c1-17-15-22(21-14-13-20(28-2)16-23(21)29-17)26-30-25(27)24(18-9-5-3-6-10-18)19-11-7-4-8-12-19/h3-14,16-17,24H,15H2,1-2H3/b26-22-. The van der Waals surface area contributed by atoms with Crippen molar-refractivity contribution in [2.24, 2.45) is 5.16 Å². The summed E-state index contributed by atoms with van der Waals surface area (Å²) in [6, 6.07) is 24.7. The number of nitrogens with zero attached hydrogens (tertiary/aromatic N) is 1. The third-order valence-corrected chi connectivity index (χ3v) is 5.06. The Morgan fingerprint density at radius 1 is 1.00 bits per heavy atom. The van der Waals surface area contributed by atoms with Gasteiger partial charge in [0.15, 0.2) is 0 Å². The number of rotatable bonds is 5. The molecule has 3 aromatic carbocycles. The number of benzene rings is 3. The van der Waals surface area contributed by atoms with Crippen LogP contribution in [0.15, 0.2) is 84.0 Å². The van der Waals surface area contributed by atoms with E-state index in [9.17, 15) is 4.79 Å². The van der Waals surface area contributed by atoms with Gasteiger partial charge in [0, 0.05) is 18.1 Å². The van der Waals surface area contributed by atoms with Gasteiger partial charge in [-0.3, -0.25) is 0 Å². The minimum absolute atomic E-state index is 0.0823. The summed E-state index contributed by atoms with van der Waals surface area (Å²) in [6.45, 7) is 1.95. The van der Waals surface area contributed by atoms with Gasteiger partial charge in [-0.1, -0.05) is 65.8 Å². The van der Waals surface area contributed by atoms with Gasteiger partial charge in [0.1, 0.15) is 23.5 Å². The minimum Gasteiger partial charge on any atom is -0.497 e. The molecule has 5 heteroatoms. The highest BCUT2D eigenvalue weighted by atomic mass is 16.7. The van der Waals surface area contributed by atoms with Crippen LogP contribution < -0.4 is 9.47 Å². The van der Waals surface area contributed by atoms with Gasteiger partial charge in [0.05, 0.1) is 12.8 Å². The summed E-state index contributed by atoms with van der Waals surface area (Å²) >= 11 is 0. The Kier molecular flexibility index (Phi) is 5.80. The smallest absolute Gasteiger partial charge is 0.346 e. The Morgan fingerprint density at radius 3 is 2.23 bits per heavy atom. The SMILES string of the molecule is COc1ccc2c(c1)OC(C)C/C2=N/OC(=O)C(c1ccccc1)c1ccccc1. The molecule has 0 fully saturated rings. The van der Waals surface area contributed by atoms with Crippen molar-refractivity contribution in [2.75, 3.05) is 7.11 Å². The number of hydrogen-bond donors (Lipinski definition) is 0. The summed E-state index contributed by atoms with van der Waals surface area (Å²) in [5, 5.41) is 4.25. The first-order valence-corrected chi connectivity index (χ1v) is 9.88. The first-order chi connectivity index (χ1) is 14.7. The van der Waals surface area contributed by atoms with Crippen LogP contribution in [0.3, 0.4) is 0 Å². The zero-order chi connectivity index (χ0) is 20.9. The number of carbonyl (C=O) groups excluding carboxylic acids is 1. The van der Waals surface area contributed by atoms with Crippen LogP contribution >= 0.6 is 0 Å². The second-order valence-electron chi connectivity index (χ2n) is 7.20. The average Bonchev–Trinajstić information content (AvgIpc) is 2.78. The van der Waals surface area contributed by atoms with Crippen molar-refractivity contribution in [1.82, 2.24) is 0 Å². The highest BCUT2D eigenvalue weighted by Gasteiger charge is 2.27. The van der Waals surface area contributed by atoms with Gasteiger partial charge in [-0.25, -0.2) is 4.79 Å². The molecular formula is C25H23NO4. The van der Waals surface area contributed by atoms with Crippen LogP contribution in [0.2, 0.25) is 0 Å². The molecule has 3 aromatic rings. The number of ether oxygens (including phenoxy) is 2. The molecule has 0 N–H and O–H groups in total. The van der Waals surface area contributed by atoms with E-state index in [0.717, 1.165) is 16.7 Å². The van der Waals surface area contributed by atoms with E-state index in [1.807, 2.05) is 85.8 Å². The summed E-state index contributed by atoms with van der Waals surface area (Å²) in [6.07, 6.45) is 0.467. The highest BCUT2D eigenvalue weighted by Crippen LogP contribution is 2.32. The van der Waals surface area contributed by atoms with Crippen molar-refractivity contribution in [3.05, 3.63) is 95.6 Å². The zero-order valence-corrected chi connectivity index (χ0v) is 16.9. The van der Waals surface area contributed by atoms with E-state index in [4.69, 9.17) is 14.3 Å². The number of fused-ring (bicyclic) bond motifs is 1. The van der Waals surface area contributed by atoms with Crippen LogP contribution in [0.1, 0.15) is 36.0 Å². The molecule has 0 saturated carbocycles.